The maximum absolute atomic E-state index is 13.0. The van der Waals surface area contributed by atoms with Gasteiger partial charge >= 0.3 is 12.1 Å². The third kappa shape index (κ3) is 2.73. The molecule has 0 aromatic carbocycles. The van der Waals surface area contributed by atoms with Crippen LogP contribution in [0.1, 0.15) is 0 Å². The highest BCUT2D eigenvalue weighted by molar-refractivity contribution is 5.72. The van der Waals surface area contributed by atoms with E-state index in [4.69, 9.17) is 5.11 Å². The van der Waals surface area contributed by atoms with Gasteiger partial charge in [-0.1, -0.05) is 6.07 Å². The maximum Gasteiger partial charge on any atom is 0.394 e. The quantitative estimate of drug-likeness (QED) is 0.902. The van der Waals surface area contributed by atoms with Crippen LogP contribution in [0.25, 0.3) is 5.65 Å². The number of nitrogens with zero attached hydrogens (tertiary/aromatic N) is 3. The van der Waals surface area contributed by atoms with Crippen molar-refractivity contribution in [1.82, 2.24) is 9.38 Å². The van der Waals surface area contributed by atoms with E-state index in [1.165, 1.54) is 15.5 Å². The third-order valence-corrected chi connectivity index (χ3v) is 3.94. The maximum atomic E-state index is 13.0. The van der Waals surface area contributed by atoms with Crippen molar-refractivity contribution in [3.63, 3.8) is 0 Å². The van der Waals surface area contributed by atoms with Crippen LogP contribution < -0.4 is 10.5 Å². The van der Waals surface area contributed by atoms with Gasteiger partial charge in [0.15, 0.2) is 0 Å². The van der Waals surface area contributed by atoms with E-state index in [2.05, 4.69) is 4.98 Å². The van der Waals surface area contributed by atoms with E-state index < -0.39 is 36.1 Å². The van der Waals surface area contributed by atoms with E-state index in [1.54, 1.807) is 18.2 Å². The molecule has 0 saturated carbocycles. The lowest BCUT2D eigenvalue weighted by atomic mass is 9.96. The van der Waals surface area contributed by atoms with Gasteiger partial charge in [0.2, 0.25) is 0 Å². The molecule has 23 heavy (non-hydrogen) atoms. The number of carbonyl (C=O) groups is 1. The number of alkyl halides is 3. The molecule has 3 rings (SSSR count). The normalized spacial score (nSPS) is 21.8. The molecule has 0 radical (unpaired) electrons. The van der Waals surface area contributed by atoms with Crippen LogP contribution in [0.5, 0.6) is 0 Å². The summed E-state index contributed by atoms with van der Waals surface area (Å²) < 4.78 is 40.3. The average Bonchev–Trinajstić information content (AvgIpc) is 2.93. The number of fused-ring (bicyclic) bond motifs is 1. The molecule has 0 bridgehead atoms. The number of rotatable bonds is 2. The Morgan fingerprint density at radius 1 is 1.30 bits per heavy atom. The molecule has 1 aliphatic rings. The lowest BCUT2D eigenvalue weighted by molar-refractivity contribution is -0.187. The molecule has 1 fully saturated rings. The fraction of sp³-hybridized carbons (Fsp3) is 0.357. The summed E-state index contributed by atoms with van der Waals surface area (Å²) in [6, 6.07) is 5.95. The van der Waals surface area contributed by atoms with E-state index in [0.29, 0.717) is 0 Å². The van der Waals surface area contributed by atoms with Crippen molar-refractivity contribution >= 4 is 17.4 Å². The first kappa shape index (κ1) is 15.3. The number of hydrogen-bond donors (Lipinski definition) is 1. The van der Waals surface area contributed by atoms with Gasteiger partial charge in [0.25, 0.3) is 5.56 Å². The van der Waals surface area contributed by atoms with E-state index in [1.807, 2.05) is 0 Å². The van der Waals surface area contributed by atoms with Crippen molar-refractivity contribution in [2.24, 2.45) is 11.8 Å². The minimum absolute atomic E-state index is 0.0548. The Hall–Kier alpha value is -2.58. The standard InChI is InChI=1S/C14H12F3N3O3/c15-14(16,17)9-7-19(6-8(9)13(22)23)11-5-12(21)20-4-2-1-3-10(20)18-11/h1-5,8-9H,6-7H2,(H,22,23)/t8-,9-/m1/s1. The molecule has 0 aliphatic carbocycles. The Kier molecular flexibility index (Phi) is 3.50. The van der Waals surface area contributed by atoms with Crippen LogP contribution in [0, 0.1) is 11.8 Å². The summed E-state index contributed by atoms with van der Waals surface area (Å²) in [7, 11) is 0. The molecule has 2 aromatic heterocycles. The van der Waals surface area contributed by atoms with Crippen LogP contribution >= 0.6 is 0 Å². The lowest BCUT2D eigenvalue weighted by Gasteiger charge is -2.19. The van der Waals surface area contributed by atoms with Gasteiger partial charge in [-0.25, -0.2) is 4.98 Å². The van der Waals surface area contributed by atoms with Crippen molar-refractivity contribution < 1.29 is 23.1 Å². The molecule has 1 saturated heterocycles. The largest absolute Gasteiger partial charge is 0.481 e. The molecule has 0 amide bonds. The summed E-state index contributed by atoms with van der Waals surface area (Å²) in [6.45, 7) is -0.870. The number of carboxylic acids is 1. The highest BCUT2D eigenvalue weighted by atomic mass is 19.4. The number of hydrogen-bond acceptors (Lipinski definition) is 4. The van der Waals surface area contributed by atoms with Gasteiger partial charge in [-0.15, -0.1) is 0 Å². The second-order valence-corrected chi connectivity index (χ2v) is 5.38. The van der Waals surface area contributed by atoms with Crippen LogP contribution in [0.3, 0.4) is 0 Å². The number of aliphatic carboxylic acids is 1. The molecule has 2 atom stereocenters. The van der Waals surface area contributed by atoms with Crippen LogP contribution in [0.4, 0.5) is 19.0 Å². The summed E-state index contributed by atoms with van der Waals surface area (Å²) in [6.07, 6.45) is -3.12. The topological polar surface area (TPSA) is 74.9 Å². The zero-order chi connectivity index (χ0) is 16.8. The minimum atomic E-state index is -4.62. The molecule has 122 valence electrons. The molecule has 1 N–H and O–H groups in total. The number of anilines is 1. The smallest absolute Gasteiger partial charge is 0.394 e. The lowest BCUT2D eigenvalue weighted by Crippen LogP contribution is -2.33. The molecule has 3 heterocycles. The highest BCUT2D eigenvalue weighted by Gasteiger charge is 2.52. The monoisotopic (exact) mass is 327 g/mol. The van der Waals surface area contributed by atoms with Crippen molar-refractivity contribution in [1.29, 1.82) is 0 Å². The Balaban J connectivity index is 2.00. The molecule has 2 aromatic rings. The number of aromatic nitrogens is 2. The number of carboxylic acid groups (broad SMARTS) is 1. The predicted octanol–water partition coefficient (Wildman–Crippen LogP) is 1.39. The Bertz CT molecular complexity index is 818. The Labute approximate surface area is 127 Å². The van der Waals surface area contributed by atoms with Gasteiger partial charge in [-0.05, 0) is 12.1 Å². The van der Waals surface area contributed by atoms with Crippen molar-refractivity contribution in [2.75, 3.05) is 18.0 Å². The first-order valence-electron chi connectivity index (χ1n) is 6.80. The summed E-state index contributed by atoms with van der Waals surface area (Å²) >= 11 is 0. The van der Waals surface area contributed by atoms with E-state index in [0.717, 1.165) is 6.07 Å². The van der Waals surface area contributed by atoms with Crippen molar-refractivity contribution in [3.8, 4) is 0 Å². The Morgan fingerprint density at radius 3 is 2.65 bits per heavy atom. The van der Waals surface area contributed by atoms with E-state index in [-0.39, 0.29) is 18.0 Å². The van der Waals surface area contributed by atoms with Crippen LogP contribution in [-0.2, 0) is 4.79 Å². The van der Waals surface area contributed by atoms with Gasteiger partial charge in [-0.3, -0.25) is 14.0 Å². The summed E-state index contributed by atoms with van der Waals surface area (Å²) in [4.78, 5) is 28.5. The average molecular weight is 327 g/mol. The summed E-state index contributed by atoms with van der Waals surface area (Å²) in [5, 5.41) is 9.03. The van der Waals surface area contributed by atoms with E-state index >= 15 is 0 Å². The molecule has 0 unspecified atom stereocenters. The van der Waals surface area contributed by atoms with Gasteiger partial charge in [0.05, 0.1) is 11.8 Å². The predicted molar refractivity (Wildman–Crippen MR) is 74.3 cm³/mol. The zero-order valence-electron chi connectivity index (χ0n) is 11.7. The van der Waals surface area contributed by atoms with Gasteiger partial charge in [-0.2, -0.15) is 13.2 Å². The van der Waals surface area contributed by atoms with Gasteiger partial charge in [0.1, 0.15) is 11.5 Å². The third-order valence-electron chi connectivity index (χ3n) is 3.94. The molecular weight excluding hydrogens is 315 g/mol. The van der Waals surface area contributed by atoms with Gasteiger partial charge in [0, 0.05) is 25.4 Å². The van der Waals surface area contributed by atoms with Gasteiger partial charge < -0.3 is 10.0 Å². The molecule has 1 aliphatic heterocycles. The number of halogens is 3. The first-order valence-corrected chi connectivity index (χ1v) is 6.80. The van der Waals surface area contributed by atoms with Crippen LogP contribution in [-0.4, -0.2) is 39.7 Å². The second kappa shape index (κ2) is 5.25. The minimum Gasteiger partial charge on any atom is -0.481 e. The molecule has 0 spiro atoms. The zero-order valence-corrected chi connectivity index (χ0v) is 11.7. The first-order chi connectivity index (χ1) is 10.8. The van der Waals surface area contributed by atoms with Crippen molar-refractivity contribution in [2.45, 2.75) is 6.18 Å². The second-order valence-electron chi connectivity index (χ2n) is 5.38. The number of pyridine rings is 1. The molecule has 6 nitrogen and oxygen atoms in total. The summed E-state index contributed by atoms with van der Waals surface area (Å²) in [5.41, 5.74) is -0.148. The summed E-state index contributed by atoms with van der Waals surface area (Å²) in [5.74, 6) is -5.02. The van der Waals surface area contributed by atoms with Crippen LogP contribution in [0.15, 0.2) is 35.3 Å². The fourth-order valence-electron chi connectivity index (χ4n) is 2.78. The van der Waals surface area contributed by atoms with Crippen LogP contribution in [0.2, 0.25) is 0 Å². The highest BCUT2D eigenvalue weighted by Crippen LogP contribution is 2.38. The fourth-order valence-corrected chi connectivity index (χ4v) is 2.78. The van der Waals surface area contributed by atoms with Crippen molar-refractivity contribution in [3.05, 3.63) is 40.8 Å². The SMILES string of the molecule is O=C(O)[C@@H]1CN(c2cc(=O)n3ccccc3n2)C[C@H]1C(F)(F)F. The van der Waals surface area contributed by atoms with E-state index in [9.17, 15) is 22.8 Å². The Morgan fingerprint density at radius 2 is 2.04 bits per heavy atom. The molecular formula is C14H12F3N3O3. The molecule has 9 heteroatoms.